The highest BCUT2D eigenvalue weighted by Crippen LogP contribution is 2.30. The predicted octanol–water partition coefficient (Wildman–Crippen LogP) is 4.00. The molecule has 9 heteroatoms. The third kappa shape index (κ3) is 4.77. The highest BCUT2D eigenvalue weighted by molar-refractivity contribution is 5.90. The van der Waals surface area contributed by atoms with Gasteiger partial charge in [-0.3, -0.25) is 4.57 Å². The number of H-pyrrole nitrogens is 1. The highest BCUT2D eigenvalue weighted by atomic mass is 16.5. The Morgan fingerprint density at radius 3 is 2.52 bits per heavy atom. The first-order valence-electron chi connectivity index (χ1n) is 11.0. The molecule has 9 nitrogen and oxygen atoms in total. The number of aromatic amines is 1. The number of carbonyl (C=O) groups is 1. The highest BCUT2D eigenvalue weighted by Gasteiger charge is 2.23. The zero-order valence-electron chi connectivity index (χ0n) is 18.7. The predicted molar refractivity (Wildman–Crippen MR) is 123 cm³/mol. The van der Waals surface area contributed by atoms with E-state index < -0.39 is 5.97 Å². The first-order valence-corrected chi connectivity index (χ1v) is 11.0. The molecule has 2 N–H and O–H groups in total. The van der Waals surface area contributed by atoms with Crippen molar-refractivity contribution in [1.82, 2.24) is 30.2 Å². The zero-order valence-corrected chi connectivity index (χ0v) is 18.7. The van der Waals surface area contributed by atoms with Gasteiger partial charge in [-0.05, 0) is 35.2 Å². The molecular weight excluding hydrogens is 420 g/mol. The van der Waals surface area contributed by atoms with Gasteiger partial charge in [-0.2, -0.15) is 5.21 Å². The molecule has 0 atom stereocenters. The number of unbranched alkanes of at least 4 members (excludes halogenated alkanes) is 1. The molecule has 0 saturated carbocycles. The number of nitrogens with one attached hydrogen (secondary N) is 1. The van der Waals surface area contributed by atoms with E-state index in [9.17, 15) is 9.90 Å². The lowest BCUT2D eigenvalue weighted by Gasteiger charge is -2.11. The summed E-state index contributed by atoms with van der Waals surface area (Å²) in [5.74, 6) is 0.431. The number of benzene rings is 2. The number of aromatic nitrogens is 6. The molecule has 0 saturated heterocycles. The standard InChI is InChI=1S/C24H26N6O3/c1-3-5-10-20-25-21(24(32)33-4-2)23(31)30(20)15-16-11-13-17(14-12-16)18-8-6-7-9-19(18)22-26-28-29-27-22/h6-9,11-14,31H,3-5,10,15H2,1-2H3,(H,26,27,28,29). The van der Waals surface area contributed by atoms with Crippen LogP contribution in [0, 0.1) is 0 Å². The average Bonchev–Trinajstić information content (AvgIpc) is 3.48. The van der Waals surface area contributed by atoms with E-state index in [4.69, 9.17) is 4.74 Å². The van der Waals surface area contributed by atoms with Crippen LogP contribution in [0.15, 0.2) is 48.5 Å². The summed E-state index contributed by atoms with van der Waals surface area (Å²) < 4.78 is 6.73. The molecule has 0 aliphatic heterocycles. The van der Waals surface area contributed by atoms with Gasteiger partial charge in [0.25, 0.3) is 0 Å². The van der Waals surface area contributed by atoms with Crippen molar-refractivity contribution >= 4 is 5.97 Å². The number of aryl methyl sites for hydroxylation is 1. The van der Waals surface area contributed by atoms with Gasteiger partial charge in [0.2, 0.25) is 17.4 Å². The second kappa shape index (κ2) is 10.1. The van der Waals surface area contributed by atoms with Crippen molar-refractivity contribution in [3.8, 4) is 28.4 Å². The summed E-state index contributed by atoms with van der Waals surface area (Å²) in [6.45, 7) is 4.43. The van der Waals surface area contributed by atoms with Crippen molar-refractivity contribution in [2.45, 2.75) is 39.7 Å². The fourth-order valence-electron chi connectivity index (χ4n) is 3.70. The summed E-state index contributed by atoms with van der Waals surface area (Å²) in [5, 5.41) is 25.1. The van der Waals surface area contributed by atoms with Crippen LogP contribution in [-0.2, 0) is 17.7 Å². The second-order valence-electron chi connectivity index (χ2n) is 7.59. The van der Waals surface area contributed by atoms with Gasteiger partial charge in [-0.25, -0.2) is 9.78 Å². The van der Waals surface area contributed by atoms with E-state index in [2.05, 4.69) is 32.5 Å². The van der Waals surface area contributed by atoms with Gasteiger partial charge in [0.1, 0.15) is 5.82 Å². The normalized spacial score (nSPS) is 11.0. The number of nitrogens with zero attached hydrogens (tertiary/aromatic N) is 5. The van der Waals surface area contributed by atoms with E-state index in [-0.39, 0.29) is 18.2 Å². The maximum absolute atomic E-state index is 12.2. The quantitative estimate of drug-likeness (QED) is 0.373. The minimum absolute atomic E-state index is 0.0337. The Kier molecular flexibility index (Phi) is 6.77. The Balaban J connectivity index is 1.62. The Morgan fingerprint density at radius 1 is 1.09 bits per heavy atom. The van der Waals surface area contributed by atoms with E-state index in [0.29, 0.717) is 24.6 Å². The number of esters is 1. The third-order valence-corrected chi connectivity index (χ3v) is 5.36. The first-order chi connectivity index (χ1) is 16.1. The van der Waals surface area contributed by atoms with Gasteiger partial charge in [0.05, 0.1) is 13.2 Å². The summed E-state index contributed by atoms with van der Waals surface area (Å²) in [4.78, 5) is 16.6. The van der Waals surface area contributed by atoms with Crippen LogP contribution < -0.4 is 0 Å². The maximum Gasteiger partial charge on any atom is 0.362 e. The number of hydrogen-bond acceptors (Lipinski definition) is 7. The molecule has 2 aromatic heterocycles. The molecule has 0 amide bonds. The van der Waals surface area contributed by atoms with E-state index in [0.717, 1.165) is 35.1 Å². The summed E-state index contributed by atoms with van der Waals surface area (Å²) in [6.07, 6.45) is 2.56. The van der Waals surface area contributed by atoms with Gasteiger partial charge in [0, 0.05) is 12.0 Å². The molecule has 0 aliphatic carbocycles. The van der Waals surface area contributed by atoms with Gasteiger partial charge < -0.3 is 9.84 Å². The lowest BCUT2D eigenvalue weighted by Crippen LogP contribution is -2.06. The average molecular weight is 447 g/mol. The molecule has 33 heavy (non-hydrogen) atoms. The monoisotopic (exact) mass is 446 g/mol. The Morgan fingerprint density at radius 2 is 1.85 bits per heavy atom. The van der Waals surface area contributed by atoms with Gasteiger partial charge in [-0.15, -0.1) is 10.2 Å². The molecule has 4 rings (SSSR count). The van der Waals surface area contributed by atoms with E-state index in [1.165, 1.54) is 0 Å². The van der Waals surface area contributed by atoms with Crippen molar-refractivity contribution in [2.24, 2.45) is 0 Å². The van der Waals surface area contributed by atoms with Crippen LogP contribution >= 0.6 is 0 Å². The number of tetrazole rings is 1. The fourth-order valence-corrected chi connectivity index (χ4v) is 3.70. The molecule has 0 bridgehead atoms. The van der Waals surface area contributed by atoms with Gasteiger partial charge in [0.15, 0.2) is 0 Å². The number of aromatic hydroxyl groups is 1. The number of rotatable bonds is 9. The fraction of sp³-hybridized carbons (Fsp3) is 0.292. The van der Waals surface area contributed by atoms with Crippen LogP contribution in [0.4, 0.5) is 0 Å². The van der Waals surface area contributed by atoms with E-state index >= 15 is 0 Å². The van der Waals surface area contributed by atoms with Crippen LogP contribution in [0.1, 0.15) is 48.6 Å². The largest absolute Gasteiger partial charge is 0.493 e. The molecule has 2 aromatic carbocycles. The molecule has 4 aromatic rings. The van der Waals surface area contributed by atoms with Crippen molar-refractivity contribution < 1.29 is 14.6 Å². The molecule has 0 spiro atoms. The van der Waals surface area contributed by atoms with Crippen LogP contribution in [0.3, 0.4) is 0 Å². The van der Waals surface area contributed by atoms with Crippen LogP contribution in [0.25, 0.3) is 22.5 Å². The van der Waals surface area contributed by atoms with Crippen molar-refractivity contribution in [2.75, 3.05) is 6.61 Å². The van der Waals surface area contributed by atoms with Gasteiger partial charge >= 0.3 is 5.97 Å². The van der Waals surface area contributed by atoms with Gasteiger partial charge in [-0.1, -0.05) is 61.9 Å². The molecule has 170 valence electrons. The van der Waals surface area contributed by atoms with Crippen LogP contribution in [0.2, 0.25) is 0 Å². The second-order valence-corrected chi connectivity index (χ2v) is 7.59. The lowest BCUT2D eigenvalue weighted by molar-refractivity contribution is 0.0516. The molecule has 0 fully saturated rings. The SMILES string of the molecule is CCCCc1nc(C(=O)OCC)c(O)n1Cc1ccc(-c2ccccc2-c2nn[nH]n2)cc1. The van der Waals surface area contributed by atoms with E-state index in [1.807, 2.05) is 48.5 Å². The molecule has 0 radical (unpaired) electrons. The van der Waals surface area contributed by atoms with Crippen molar-refractivity contribution in [3.05, 3.63) is 65.6 Å². The number of imidazole rings is 1. The topological polar surface area (TPSA) is 119 Å². The summed E-state index contributed by atoms with van der Waals surface area (Å²) in [5.41, 5.74) is 3.81. The molecule has 0 aliphatic rings. The maximum atomic E-state index is 12.2. The molecule has 0 unspecified atom stereocenters. The summed E-state index contributed by atoms with van der Waals surface area (Å²) in [7, 11) is 0. The number of ether oxygens (including phenoxy) is 1. The third-order valence-electron chi connectivity index (χ3n) is 5.36. The van der Waals surface area contributed by atoms with Crippen LogP contribution in [0.5, 0.6) is 5.88 Å². The Hall–Kier alpha value is -4.01. The number of carbonyl (C=O) groups excluding carboxylic acids is 1. The van der Waals surface area contributed by atoms with Crippen molar-refractivity contribution in [3.63, 3.8) is 0 Å². The Bertz CT molecular complexity index is 1220. The number of hydrogen-bond donors (Lipinski definition) is 2. The summed E-state index contributed by atoms with van der Waals surface area (Å²) >= 11 is 0. The molecule has 2 heterocycles. The van der Waals surface area contributed by atoms with Crippen LogP contribution in [-0.4, -0.2) is 47.9 Å². The summed E-state index contributed by atoms with van der Waals surface area (Å²) in [6, 6.07) is 15.9. The minimum Gasteiger partial charge on any atom is -0.493 e. The molecular formula is C24H26N6O3. The minimum atomic E-state index is -0.611. The zero-order chi connectivity index (χ0) is 23.2. The van der Waals surface area contributed by atoms with E-state index in [1.54, 1.807) is 11.5 Å². The smallest absolute Gasteiger partial charge is 0.362 e. The first kappa shape index (κ1) is 22.2. The van der Waals surface area contributed by atoms with Crippen molar-refractivity contribution in [1.29, 1.82) is 0 Å². The lowest BCUT2D eigenvalue weighted by atomic mass is 9.98. The Labute approximate surface area is 191 Å².